The summed E-state index contributed by atoms with van der Waals surface area (Å²) in [5.41, 5.74) is 3.22. The first kappa shape index (κ1) is 20.6. The van der Waals surface area contributed by atoms with Crippen LogP contribution in [-0.2, 0) is 4.79 Å². The van der Waals surface area contributed by atoms with E-state index in [2.05, 4.69) is 15.5 Å². The molecule has 1 atom stereocenters. The Morgan fingerprint density at radius 1 is 1.19 bits per heavy atom. The summed E-state index contributed by atoms with van der Waals surface area (Å²) >= 11 is 0. The van der Waals surface area contributed by atoms with E-state index in [-0.39, 0.29) is 18.1 Å². The molecule has 1 amide bonds. The van der Waals surface area contributed by atoms with Crippen molar-refractivity contribution in [2.24, 2.45) is 4.99 Å². The largest absolute Gasteiger partial charge is 0.508 e. The zero-order valence-corrected chi connectivity index (χ0v) is 17.8. The van der Waals surface area contributed by atoms with Crippen LogP contribution in [0.15, 0.2) is 47.5 Å². The minimum atomic E-state index is -0.514. The minimum Gasteiger partial charge on any atom is -0.508 e. The molecule has 4 rings (SSSR count). The number of nitrogens with zero attached hydrogens (tertiary/aromatic N) is 4. The van der Waals surface area contributed by atoms with E-state index in [1.54, 1.807) is 19.2 Å². The fraction of sp³-hybridized carbons (Fsp3) is 0.304. The van der Waals surface area contributed by atoms with Crippen LogP contribution in [0.2, 0.25) is 0 Å². The van der Waals surface area contributed by atoms with Crippen molar-refractivity contribution in [3.8, 4) is 17.2 Å². The van der Waals surface area contributed by atoms with E-state index in [9.17, 15) is 9.90 Å². The standard InChI is InChI=1S/C23H25N5O3/c1-4-11-24-21(30)13-19-23-27-26-14(2)28(23)20-10-9-17(31-3)12-18(20)22(25-19)15-5-7-16(29)8-6-15/h5-10,12,19,29H,4,11,13H2,1-3H3,(H,24,30). The SMILES string of the molecule is CCCNC(=O)CC1N=C(c2ccc(O)cc2)c2cc(OC)ccc2-n2c(C)nnc21. The van der Waals surface area contributed by atoms with Gasteiger partial charge in [-0.15, -0.1) is 10.2 Å². The molecule has 2 aromatic carbocycles. The molecule has 0 fully saturated rings. The molecule has 31 heavy (non-hydrogen) atoms. The third-order valence-corrected chi connectivity index (χ3v) is 5.22. The van der Waals surface area contributed by atoms with Crippen molar-refractivity contribution in [3.63, 3.8) is 0 Å². The molecule has 1 aliphatic rings. The minimum absolute atomic E-state index is 0.0867. The number of carbonyl (C=O) groups excluding carboxylic acids is 1. The molecule has 0 saturated carbocycles. The third kappa shape index (κ3) is 4.01. The maximum Gasteiger partial charge on any atom is 0.222 e. The van der Waals surface area contributed by atoms with E-state index in [0.717, 1.165) is 23.2 Å². The smallest absolute Gasteiger partial charge is 0.222 e. The first-order valence-electron chi connectivity index (χ1n) is 10.3. The van der Waals surface area contributed by atoms with Crippen molar-refractivity contribution >= 4 is 11.6 Å². The fourth-order valence-electron chi connectivity index (χ4n) is 3.70. The van der Waals surface area contributed by atoms with Gasteiger partial charge in [0.15, 0.2) is 5.82 Å². The number of hydrogen-bond acceptors (Lipinski definition) is 6. The number of phenolic OH excluding ortho intramolecular Hbond substituents is 1. The molecule has 1 aromatic heterocycles. The fourth-order valence-corrected chi connectivity index (χ4v) is 3.70. The Balaban J connectivity index is 1.91. The van der Waals surface area contributed by atoms with E-state index in [1.807, 2.05) is 48.7 Å². The molecule has 0 spiro atoms. The van der Waals surface area contributed by atoms with Gasteiger partial charge >= 0.3 is 0 Å². The van der Waals surface area contributed by atoms with Crippen molar-refractivity contribution in [2.45, 2.75) is 32.7 Å². The molecule has 8 heteroatoms. The summed E-state index contributed by atoms with van der Waals surface area (Å²) in [6, 6.07) is 12.1. The van der Waals surface area contributed by atoms with Crippen LogP contribution >= 0.6 is 0 Å². The summed E-state index contributed by atoms with van der Waals surface area (Å²) in [7, 11) is 1.62. The van der Waals surface area contributed by atoms with Crippen LogP contribution in [0.5, 0.6) is 11.5 Å². The second-order valence-corrected chi connectivity index (χ2v) is 7.42. The van der Waals surface area contributed by atoms with Crippen molar-refractivity contribution in [3.05, 3.63) is 65.2 Å². The Labute approximate surface area is 180 Å². The Bertz CT molecular complexity index is 1130. The van der Waals surface area contributed by atoms with Gasteiger partial charge in [0, 0.05) is 17.7 Å². The predicted octanol–water partition coefficient (Wildman–Crippen LogP) is 3.10. The first-order valence-corrected chi connectivity index (χ1v) is 10.3. The molecule has 160 valence electrons. The van der Waals surface area contributed by atoms with Crippen LogP contribution in [0, 0.1) is 6.92 Å². The molecule has 0 radical (unpaired) electrons. The topological polar surface area (TPSA) is 102 Å². The summed E-state index contributed by atoms with van der Waals surface area (Å²) < 4.78 is 7.41. The van der Waals surface area contributed by atoms with Crippen molar-refractivity contribution in [1.82, 2.24) is 20.1 Å². The summed E-state index contributed by atoms with van der Waals surface area (Å²) in [6.07, 6.45) is 1.02. The third-order valence-electron chi connectivity index (χ3n) is 5.22. The number of phenols is 1. The number of aliphatic imine (C=N–C) groups is 1. The van der Waals surface area contributed by atoms with E-state index in [4.69, 9.17) is 9.73 Å². The predicted molar refractivity (Wildman–Crippen MR) is 117 cm³/mol. The molecule has 8 nitrogen and oxygen atoms in total. The number of rotatable bonds is 6. The summed E-state index contributed by atoms with van der Waals surface area (Å²) in [5, 5.41) is 21.3. The van der Waals surface area contributed by atoms with Gasteiger partial charge in [0.05, 0.1) is 24.9 Å². The number of nitrogens with one attached hydrogen (secondary N) is 1. The van der Waals surface area contributed by atoms with Gasteiger partial charge in [-0.2, -0.15) is 0 Å². The van der Waals surface area contributed by atoms with Gasteiger partial charge in [0.2, 0.25) is 5.91 Å². The van der Waals surface area contributed by atoms with Crippen LogP contribution in [0.1, 0.15) is 48.6 Å². The van der Waals surface area contributed by atoms with Gasteiger partial charge in [-0.25, -0.2) is 0 Å². The Morgan fingerprint density at radius 3 is 2.68 bits per heavy atom. The molecule has 3 aromatic rings. The second kappa shape index (κ2) is 8.59. The summed E-state index contributed by atoms with van der Waals surface area (Å²) in [6.45, 7) is 4.50. The Hall–Kier alpha value is -3.68. The highest BCUT2D eigenvalue weighted by Gasteiger charge is 2.29. The van der Waals surface area contributed by atoms with E-state index < -0.39 is 6.04 Å². The lowest BCUT2D eigenvalue weighted by Gasteiger charge is -2.14. The average molecular weight is 419 g/mol. The molecule has 1 aliphatic heterocycles. The molecular weight excluding hydrogens is 394 g/mol. The average Bonchev–Trinajstić information content (AvgIpc) is 3.10. The number of aromatic nitrogens is 3. The molecule has 1 unspecified atom stereocenters. The lowest BCUT2D eigenvalue weighted by atomic mass is 9.99. The maximum atomic E-state index is 12.6. The number of aromatic hydroxyl groups is 1. The van der Waals surface area contributed by atoms with Gasteiger partial charge in [0.1, 0.15) is 23.4 Å². The number of hydrogen-bond donors (Lipinski definition) is 2. The van der Waals surface area contributed by atoms with Crippen LogP contribution in [-0.4, -0.2) is 45.1 Å². The van der Waals surface area contributed by atoms with Crippen molar-refractivity contribution < 1.29 is 14.6 Å². The van der Waals surface area contributed by atoms with Crippen molar-refractivity contribution in [1.29, 1.82) is 0 Å². The molecule has 0 bridgehead atoms. The summed E-state index contributed by atoms with van der Waals surface area (Å²) in [5.74, 6) is 2.10. The second-order valence-electron chi connectivity index (χ2n) is 7.42. The van der Waals surface area contributed by atoms with Crippen LogP contribution in [0.25, 0.3) is 5.69 Å². The van der Waals surface area contributed by atoms with Crippen molar-refractivity contribution in [2.75, 3.05) is 13.7 Å². The lowest BCUT2D eigenvalue weighted by Crippen LogP contribution is -2.26. The van der Waals surface area contributed by atoms with Gasteiger partial charge in [-0.1, -0.05) is 6.92 Å². The maximum absolute atomic E-state index is 12.6. The first-order chi connectivity index (χ1) is 15.0. The van der Waals surface area contributed by atoms with Gasteiger partial charge < -0.3 is 15.2 Å². The summed E-state index contributed by atoms with van der Waals surface area (Å²) in [4.78, 5) is 17.6. The molecule has 0 saturated heterocycles. The number of amides is 1. The monoisotopic (exact) mass is 419 g/mol. The Morgan fingerprint density at radius 2 is 1.97 bits per heavy atom. The number of carbonyl (C=O) groups is 1. The highest BCUT2D eigenvalue weighted by atomic mass is 16.5. The molecule has 2 N–H and O–H groups in total. The number of methoxy groups -OCH3 is 1. The van der Waals surface area contributed by atoms with E-state index in [1.165, 1.54) is 0 Å². The highest BCUT2D eigenvalue weighted by Crippen LogP contribution is 2.34. The number of benzene rings is 2. The van der Waals surface area contributed by atoms with Gasteiger partial charge in [0.25, 0.3) is 0 Å². The van der Waals surface area contributed by atoms with E-state index >= 15 is 0 Å². The van der Waals surface area contributed by atoms with Crippen LogP contribution in [0.4, 0.5) is 0 Å². The number of aryl methyl sites for hydroxylation is 1. The van der Waals surface area contributed by atoms with Crippen LogP contribution in [0.3, 0.4) is 0 Å². The molecular formula is C23H25N5O3. The zero-order valence-electron chi connectivity index (χ0n) is 17.8. The lowest BCUT2D eigenvalue weighted by molar-refractivity contribution is -0.121. The van der Waals surface area contributed by atoms with Crippen LogP contribution < -0.4 is 10.1 Å². The van der Waals surface area contributed by atoms with E-state index in [0.29, 0.717) is 29.7 Å². The highest BCUT2D eigenvalue weighted by molar-refractivity contribution is 6.15. The quantitative estimate of drug-likeness (QED) is 0.639. The molecule has 0 aliphatic carbocycles. The number of fused-ring (bicyclic) bond motifs is 3. The zero-order chi connectivity index (χ0) is 22.0. The molecule has 2 heterocycles. The van der Waals surface area contributed by atoms with Gasteiger partial charge in [-0.05, 0) is 55.8 Å². The Kier molecular flexibility index (Phi) is 5.70. The number of ether oxygens (including phenoxy) is 1. The normalized spacial score (nSPS) is 14.8. The van der Waals surface area contributed by atoms with Gasteiger partial charge in [-0.3, -0.25) is 14.4 Å².